The largest absolute Gasteiger partial charge is 0.481 e. The number of carbonyl (C=O) groups is 7. The van der Waals surface area contributed by atoms with Crippen molar-refractivity contribution in [2.45, 2.75) is 173 Å². The van der Waals surface area contributed by atoms with Crippen LogP contribution in [0.5, 0.6) is 0 Å². The molecule has 0 fully saturated rings. The van der Waals surface area contributed by atoms with Gasteiger partial charge in [0.05, 0.1) is 33.0 Å². The Labute approximate surface area is 368 Å². The van der Waals surface area contributed by atoms with Gasteiger partial charge in [0.15, 0.2) is 7.20 Å². The van der Waals surface area contributed by atoms with Gasteiger partial charge in [0.25, 0.3) is 0 Å². The number of nitrogens with two attached hydrogens (primary N) is 1. The minimum absolute atomic E-state index is 0. The third-order valence-electron chi connectivity index (χ3n) is 10.1. The summed E-state index contributed by atoms with van der Waals surface area (Å²) >= 11 is 0. The summed E-state index contributed by atoms with van der Waals surface area (Å²) in [6, 6.07) is -1.10. The van der Waals surface area contributed by atoms with E-state index in [1.807, 2.05) is 0 Å². The lowest BCUT2D eigenvalue weighted by atomic mass is 10.0. The molecule has 0 saturated carbocycles. The van der Waals surface area contributed by atoms with E-state index in [4.69, 9.17) is 31.3 Å². The molecule has 17 nitrogen and oxygen atoms in total. The SMILES string of the molecule is [3H]N(N)C(=O)[C@@H](C)CCCCCC(=O)COCCOCCNC(=O)COCCOCCCC(=O)CC[C@H](NC(=O)CCCCCCCCCCCCCCCCC(=O)O)C(=O)O.[HH].[HH]. The molecule has 0 aliphatic carbocycles. The number of rotatable bonds is 46. The van der Waals surface area contributed by atoms with Crippen molar-refractivity contribution >= 4 is 41.2 Å². The van der Waals surface area contributed by atoms with Crippen LogP contribution in [0.15, 0.2) is 0 Å². The van der Waals surface area contributed by atoms with Crippen LogP contribution >= 0.6 is 0 Å². The zero-order valence-corrected chi connectivity index (χ0v) is 37.1. The molecule has 0 spiro atoms. The number of ether oxygens (including phenoxy) is 4. The van der Waals surface area contributed by atoms with Crippen LogP contribution in [-0.4, -0.2) is 117 Å². The fourth-order valence-electron chi connectivity index (χ4n) is 6.39. The van der Waals surface area contributed by atoms with E-state index in [0.29, 0.717) is 44.1 Å². The monoisotopic (exact) mass is 879 g/mol. The lowest BCUT2D eigenvalue weighted by molar-refractivity contribution is -0.142. The highest BCUT2D eigenvalue weighted by molar-refractivity contribution is 5.84. The Balaban J connectivity index is -0.0000186. The fraction of sp³-hybridized carbons (Fsp3) is 0.841. The van der Waals surface area contributed by atoms with E-state index in [9.17, 15) is 38.7 Å². The van der Waals surface area contributed by atoms with E-state index >= 15 is 0 Å². The molecule has 0 aromatic rings. The van der Waals surface area contributed by atoms with Gasteiger partial charge in [-0.2, -0.15) is 0 Å². The highest BCUT2D eigenvalue weighted by atomic mass is 16.5. The van der Waals surface area contributed by atoms with Crippen LogP contribution in [0.3, 0.4) is 0 Å². The first-order chi connectivity index (χ1) is 29.8. The van der Waals surface area contributed by atoms with Crippen molar-refractivity contribution in [2.75, 3.05) is 59.4 Å². The number of aliphatic carboxylic acids is 2. The molecule has 0 radical (unpaired) electrons. The van der Waals surface area contributed by atoms with Crippen LogP contribution in [0.25, 0.3) is 0 Å². The number of Topliss-reactive ketones (excluding diaryl/α,β-unsaturated/α-hetero) is 2. The number of carbonyl (C=O) groups excluding carboxylic acids is 5. The Bertz CT molecular complexity index is 1240. The summed E-state index contributed by atoms with van der Waals surface area (Å²) in [4.78, 5) is 82.3. The lowest BCUT2D eigenvalue weighted by Gasteiger charge is -2.14. The smallest absolute Gasteiger partial charge is 0.326 e. The average molecular weight is 879 g/mol. The van der Waals surface area contributed by atoms with Crippen LogP contribution in [0.1, 0.15) is 170 Å². The van der Waals surface area contributed by atoms with Gasteiger partial charge < -0.3 is 39.8 Å². The summed E-state index contributed by atoms with van der Waals surface area (Å²) in [5, 5.41) is 23.4. The van der Waals surface area contributed by atoms with Crippen molar-refractivity contribution in [1.29, 1.82) is 0 Å². The fourth-order valence-corrected chi connectivity index (χ4v) is 6.39. The van der Waals surface area contributed by atoms with Crippen molar-refractivity contribution in [3.05, 3.63) is 0 Å². The highest BCUT2D eigenvalue weighted by Gasteiger charge is 2.21. The Hall–Kier alpha value is -3.51. The van der Waals surface area contributed by atoms with E-state index in [1.54, 1.807) is 6.92 Å². The maximum atomic E-state index is 12.3. The quantitative estimate of drug-likeness (QED) is 0.0182. The third kappa shape index (κ3) is 40.3. The summed E-state index contributed by atoms with van der Waals surface area (Å²) in [6.07, 6.45) is 19.7. The number of hydrogen-bond donors (Lipinski definition) is 6. The van der Waals surface area contributed by atoms with Crippen molar-refractivity contribution in [3.8, 4) is 0 Å². The standard InChI is InChI=1S/C44H80N4O13.2H2/c1-36(43(55)48-45)20-15-14-16-21-38(50)34-60-32-31-59-29-27-46-41(52)35-61-33-30-58-28-19-22-37(49)25-26-39(44(56)57)47-40(51)23-17-12-10-8-6-4-2-3-5-7-9-11-13-18-24-42(53)54;;/h36,39H,2-35,45H2,1H3,(H,46,52)(H,47,51)(H,48,55)(H,53,54)(H,56,57);2*1H/t36-,39-;;/m0../s1/i/hT. The van der Waals surface area contributed by atoms with Crippen molar-refractivity contribution in [1.82, 2.24) is 16.1 Å². The Kier molecular flexibility index (Phi) is 38.1. The molecule has 3 amide bonds. The van der Waals surface area contributed by atoms with Gasteiger partial charge in [-0.1, -0.05) is 96.8 Å². The van der Waals surface area contributed by atoms with E-state index in [0.717, 1.165) is 51.4 Å². The van der Waals surface area contributed by atoms with Gasteiger partial charge >= 0.3 is 11.9 Å². The van der Waals surface area contributed by atoms with Gasteiger partial charge in [0.2, 0.25) is 17.7 Å². The number of unbranched alkanes of at least 4 members (excludes halogenated alkanes) is 15. The number of carboxylic acid groups (broad SMARTS) is 2. The summed E-state index contributed by atoms with van der Waals surface area (Å²) in [5.74, 6) is 1.77. The molecule has 61 heavy (non-hydrogen) atoms. The van der Waals surface area contributed by atoms with Crippen LogP contribution in [0.4, 0.5) is 0 Å². The predicted octanol–water partition coefficient (Wildman–Crippen LogP) is 5.83. The molecule has 7 N–H and O–H groups in total. The number of amides is 3. The first-order valence-electron chi connectivity index (χ1n) is 23.2. The van der Waals surface area contributed by atoms with Crippen LogP contribution in [-0.2, 0) is 52.5 Å². The number of ketones is 2. The second-order valence-electron chi connectivity index (χ2n) is 15.7. The van der Waals surface area contributed by atoms with Gasteiger partial charge in [-0.25, -0.2) is 10.6 Å². The Morgan fingerprint density at radius 2 is 1.03 bits per heavy atom. The van der Waals surface area contributed by atoms with Crippen molar-refractivity contribution in [3.63, 3.8) is 0 Å². The van der Waals surface area contributed by atoms with Crippen LogP contribution in [0.2, 0.25) is 1.41 Å². The van der Waals surface area contributed by atoms with Gasteiger partial charge in [0, 0.05) is 54.0 Å². The van der Waals surface area contributed by atoms with Gasteiger partial charge in [-0.15, -0.1) is 0 Å². The Morgan fingerprint density at radius 1 is 0.541 bits per heavy atom. The highest BCUT2D eigenvalue weighted by Crippen LogP contribution is 2.14. The molecule has 0 aromatic heterocycles. The molecule has 0 aromatic carbocycles. The number of hydrazine groups is 1. The molecule has 0 heterocycles. The summed E-state index contributed by atoms with van der Waals surface area (Å²) < 4.78 is 28.6. The number of carboxylic acids is 2. The van der Waals surface area contributed by atoms with E-state index < -0.39 is 23.9 Å². The molecule has 17 heteroatoms. The number of nitrogens with one attached hydrogen (secondary N) is 3. The van der Waals surface area contributed by atoms with E-state index in [1.165, 1.54) is 44.9 Å². The first kappa shape index (κ1) is 55.5. The Morgan fingerprint density at radius 3 is 1.61 bits per heavy atom. The lowest BCUT2D eigenvalue weighted by Crippen LogP contribution is -2.41. The molecular weight excluding hydrogens is 792 g/mol. The van der Waals surface area contributed by atoms with E-state index in [2.05, 4.69) is 10.6 Å². The first-order valence-corrected chi connectivity index (χ1v) is 22.8. The van der Waals surface area contributed by atoms with Gasteiger partial charge in [-0.05, 0) is 38.5 Å². The molecular formula is C44H84N4O13. The zero-order valence-electron chi connectivity index (χ0n) is 38.1. The summed E-state index contributed by atoms with van der Waals surface area (Å²) in [7, 11) is 0. The van der Waals surface area contributed by atoms with Gasteiger partial charge in [-0.3, -0.25) is 34.2 Å². The summed E-state index contributed by atoms with van der Waals surface area (Å²) in [6.45, 7) is 3.40. The molecule has 0 aliphatic rings. The van der Waals surface area contributed by atoms with E-state index in [-0.39, 0.29) is 117 Å². The molecule has 2 atom stereocenters. The maximum Gasteiger partial charge on any atom is 0.326 e. The van der Waals surface area contributed by atoms with Crippen LogP contribution in [0, 0.1) is 5.92 Å². The van der Waals surface area contributed by atoms with Gasteiger partial charge in [0.1, 0.15) is 25.0 Å². The van der Waals surface area contributed by atoms with Crippen molar-refractivity contribution in [2.24, 2.45) is 11.8 Å². The molecule has 358 valence electrons. The average Bonchev–Trinajstić information content (AvgIpc) is 3.23. The normalized spacial score (nSPS) is 12.3. The molecule has 0 bridgehead atoms. The molecule has 0 saturated heterocycles. The second kappa shape index (κ2) is 41.8. The molecule has 0 aliphatic heterocycles. The van der Waals surface area contributed by atoms with Crippen molar-refractivity contribution < 1.29 is 67.0 Å². The summed E-state index contributed by atoms with van der Waals surface area (Å²) in [5.41, 5.74) is 0.354. The minimum Gasteiger partial charge on any atom is -0.481 e. The van der Waals surface area contributed by atoms with Crippen LogP contribution < -0.4 is 21.9 Å². The minimum atomic E-state index is -1.16. The molecule has 0 unspecified atom stereocenters. The maximum absolute atomic E-state index is 12.3. The molecule has 0 rings (SSSR count). The number of hydrogen-bond acceptors (Lipinski definition) is 12. The third-order valence-corrected chi connectivity index (χ3v) is 10.1. The predicted molar refractivity (Wildman–Crippen MR) is 235 cm³/mol. The second-order valence-corrected chi connectivity index (χ2v) is 15.7. The topological polar surface area (TPSA) is 259 Å². The zero-order chi connectivity index (χ0) is 46.1.